The van der Waals surface area contributed by atoms with E-state index in [2.05, 4.69) is 32.1 Å². The van der Waals surface area contributed by atoms with Crippen LogP contribution in [0.4, 0.5) is 0 Å². The zero-order valence-corrected chi connectivity index (χ0v) is 12.0. The second-order valence-corrected chi connectivity index (χ2v) is 7.02. The Balaban J connectivity index is 2.88. The molecule has 1 rings (SSSR count). The number of sulfonamides is 1. The summed E-state index contributed by atoms with van der Waals surface area (Å²) in [5.41, 5.74) is 1.14. The van der Waals surface area contributed by atoms with E-state index in [4.69, 9.17) is 0 Å². The van der Waals surface area contributed by atoms with E-state index in [1.807, 2.05) is 12.1 Å². The highest BCUT2D eigenvalue weighted by molar-refractivity contribution is 7.89. The molecule has 1 N–H and O–H groups in total. The Morgan fingerprint density at radius 3 is 2.22 bits per heavy atom. The molecule has 0 heterocycles. The molecule has 100 valence electrons. The average Bonchev–Trinajstić information content (AvgIpc) is 2.28. The zero-order chi connectivity index (χ0) is 13.8. The molecular formula is C14H21NO2S. The van der Waals surface area contributed by atoms with Crippen molar-refractivity contribution in [2.24, 2.45) is 0 Å². The molecule has 0 atom stereocenters. The highest BCUT2D eigenvalue weighted by Crippen LogP contribution is 2.23. The van der Waals surface area contributed by atoms with E-state index in [0.717, 1.165) is 5.56 Å². The second kappa shape index (κ2) is 5.67. The van der Waals surface area contributed by atoms with Crippen LogP contribution in [0.1, 0.15) is 32.8 Å². The molecule has 0 aliphatic heterocycles. The van der Waals surface area contributed by atoms with E-state index in [0.29, 0.717) is 17.9 Å². The van der Waals surface area contributed by atoms with Crippen LogP contribution in [0.25, 0.3) is 0 Å². The van der Waals surface area contributed by atoms with E-state index >= 15 is 0 Å². The summed E-state index contributed by atoms with van der Waals surface area (Å²) < 4.78 is 26.4. The van der Waals surface area contributed by atoms with E-state index in [9.17, 15) is 8.42 Å². The first-order chi connectivity index (χ1) is 8.27. The standard InChI is InChI=1S/C14H21NO2S/c1-5-6-11-15-18(16,17)13-9-7-12(8-10-13)14(2,3)4/h5,7-10,15H,1,6,11H2,2-4H3. The first kappa shape index (κ1) is 14.9. The Hall–Kier alpha value is -1.13. The number of benzene rings is 1. The fourth-order valence-electron chi connectivity index (χ4n) is 1.51. The maximum absolute atomic E-state index is 11.9. The quantitative estimate of drug-likeness (QED) is 0.658. The molecule has 0 amide bonds. The van der Waals surface area contributed by atoms with Crippen molar-refractivity contribution in [1.29, 1.82) is 0 Å². The summed E-state index contributed by atoms with van der Waals surface area (Å²) in [4.78, 5) is 0.305. The summed E-state index contributed by atoms with van der Waals surface area (Å²) in [6.45, 7) is 10.2. The monoisotopic (exact) mass is 267 g/mol. The molecule has 0 fully saturated rings. The average molecular weight is 267 g/mol. The van der Waals surface area contributed by atoms with Crippen LogP contribution < -0.4 is 4.72 Å². The lowest BCUT2D eigenvalue weighted by molar-refractivity contribution is 0.579. The van der Waals surface area contributed by atoms with Gasteiger partial charge in [-0.05, 0) is 29.5 Å². The van der Waals surface area contributed by atoms with Gasteiger partial charge in [-0.2, -0.15) is 0 Å². The fourth-order valence-corrected chi connectivity index (χ4v) is 2.56. The summed E-state index contributed by atoms with van der Waals surface area (Å²) in [5.74, 6) is 0. The van der Waals surface area contributed by atoms with E-state index in [1.54, 1.807) is 18.2 Å². The van der Waals surface area contributed by atoms with Crippen LogP contribution in [0.2, 0.25) is 0 Å². The molecule has 0 aliphatic rings. The van der Waals surface area contributed by atoms with Crippen LogP contribution in [0.3, 0.4) is 0 Å². The van der Waals surface area contributed by atoms with Gasteiger partial charge in [0.15, 0.2) is 0 Å². The lowest BCUT2D eigenvalue weighted by Crippen LogP contribution is -2.24. The number of hydrogen-bond acceptors (Lipinski definition) is 2. The predicted molar refractivity (Wildman–Crippen MR) is 75.1 cm³/mol. The smallest absolute Gasteiger partial charge is 0.211 e. The van der Waals surface area contributed by atoms with Crippen molar-refractivity contribution in [3.63, 3.8) is 0 Å². The van der Waals surface area contributed by atoms with Gasteiger partial charge >= 0.3 is 0 Å². The van der Waals surface area contributed by atoms with Crippen LogP contribution in [0.5, 0.6) is 0 Å². The van der Waals surface area contributed by atoms with Gasteiger partial charge in [-0.15, -0.1) is 6.58 Å². The molecule has 0 aliphatic carbocycles. The van der Waals surface area contributed by atoms with Gasteiger partial charge in [0, 0.05) is 6.54 Å². The largest absolute Gasteiger partial charge is 0.240 e. The molecule has 1 aromatic carbocycles. The van der Waals surface area contributed by atoms with Gasteiger partial charge in [0.25, 0.3) is 0 Å². The second-order valence-electron chi connectivity index (χ2n) is 5.25. The van der Waals surface area contributed by atoms with Gasteiger partial charge in [0.05, 0.1) is 4.90 Å². The number of rotatable bonds is 5. The van der Waals surface area contributed by atoms with Gasteiger partial charge in [0.1, 0.15) is 0 Å². The predicted octanol–water partition coefficient (Wildman–Crippen LogP) is 2.84. The first-order valence-electron chi connectivity index (χ1n) is 5.98. The van der Waals surface area contributed by atoms with Crippen LogP contribution in [-0.4, -0.2) is 15.0 Å². The number of hydrogen-bond donors (Lipinski definition) is 1. The molecule has 0 aromatic heterocycles. The molecule has 0 saturated carbocycles. The van der Waals surface area contributed by atoms with E-state index in [1.165, 1.54) is 0 Å². The maximum atomic E-state index is 11.9. The minimum absolute atomic E-state index is 0.0263. The van der Waals surface area contributed by atoms with Gasteiger partial charge in [0.2, 0.25) is 10.0 Å². The molecule has 0 unspecified atom stereocenters. The molecule has 3 nitrogen and oxygen atoms in total. The van der Waals surface area contributed by atoms with Gasteiger partial charge in [-0.25, -0.2) is 13.1 Å². The topological polar surface area (TPSA) is 46.2 Å². The van der Waals surface area contributed by atoms with Crippen molar-refractivity contribution in [1.82, 2.24) is 4.72 Å². The third kappa shape index (κ3) is 3.96. The summed E-state index contributed by atoms with van der Waals surface area (Å²) in [5, 5.41) is 0. The van der Waals surface area contributed by atoms with Crippen molar-refractivity contribution >= 4 is 10.0 Å². The molecule has 0 radical (unpaired) electrons. The lowest BCUT2D eigenvalue weighted by atomic mass is 9.87. The Bertz CT molecular complexity index is 496. The number of nitrogens with one attached hydrogen (secondary N) is 1. The van der Waals surface area contributed by atoms with Crippen molar-refractivity contribution in [2.45, 2.75) is 37.5 Å². The molecular weight excluding hydrogens is 246 g/mol. The van der Waals surface area contributed by atoms with Crippen molar-refractivity contribution in [3.8, 4) is 0 Å². The first-order valence-corrected chi connectivity index (χ1v) is 7.47. The van der Waals surface area contributed by atoms with Crippen LogP contribution >= 0.6 is 0 Å². The molecule has 1 aromatic rings. The van der Waals surface area contributed by atoms with Crippen LogP contribution in [0, 0.1) is 0 Å². The summed E-state index contributed by atoms with van der Waals surface area (Å²) in [6.07, 6.45) is 2.31. The minimum Gasteiger partial charge on any atom is -0.211 e. The van der Waals surface area contributed by atoms with Crippen LogP contribution in [0.15, 0.2) is 41.8 Å². The molecule has 0 bridgehead atoms. The highest BCUT2D eigenvalue weighted by Gasteiger charge is 2.16. The summed E-state index contributed by atoms with van der Waals surface area (Å²) in [6, 6.07) is 7.03. The van der Waals surface area contributed by atoms with Crippen LogP contribution in [-0.2, 0) is 15.4 Å². The van der Waals surface area contributed by atoms with E-state index in [-0.39, 0.29) is 5.41 Å². The molecule has 0 saturated heterocycles. The Labute approximate surface area is 110 Å². The Morgan fingerprint density at radius 2 is 1.78 bits per heavy atom. The van der Waals surface area contributed by atoms with Crippen molar-refractivity contribution in [3.05, 3.63) is 42.5 Å². The maximum Gasteiger partial charge on any atom is 0.240 e. The molecule has 18 heavy (non-hydrogen) atoms. The fraction of sp³-hybridized carbons (Fsp3) is 0.429. The van der Waals surface area contributed by atoms with Crippen molar-refractivity contribution in [2.75, 3.05) is 6.54 Å². The summed E-state index contributed by atoms with van der Waals surface area (Å²) in [7, 11) is -3.39. The molecule has 4 heteroatoms. The SMILES string of the molecule is C=CCCNS(=O)(=O)c1ccc(C(C)(C)C)cc1. The lowest BCUT2D eigenvalue weighted by Gasteiger charge is -2.19. The summed E-state index contributed by atoms with van der Waals surface area (Å²) >= 11 is 0. The Kier molecular flexibility index (Phi) is 4.71. The van der Waals surface area contributed by atoms with E-state index < -0.39 is 10.0 Å². The van der Waals surface area contributed by atoms with Gasteiger partial charge in [-0.3, -0.25) is 0 Å². The van der Waals surface area contributed by atoms with Gasteiger partial charge in [-0.1, -0.05) is 39.0 Å². The van der Waals surface area contributed by atoms with Gasteiger partial charge < -0.3 is 0 Å². The third-order valence-electron chi connectivity index (χ3n) is 2.67. The highest BCUT2D eigenvalue weighted by atomic mass is 32.2. The Morgan fingerprint density at radius 1 is 1.22 bits per heavy atom. The zero-order valence-electron chi connectivity index (χ0n) is 11.2. The minimum atomic E-state index is -3.39. The molecule has 0 spiro atoms. The third-order valence-corrected chi connectivity index (χ3v) is 4.15. The normalized spacial score (nSPS) is 12.4. The van der Waals surface area contributed by atoms with Crippen molar-refractivity contribution < 1.29 is 8.42 Å².